The van der Waals surface area contributed by atoms with E-state index in [0.717, 1.165) is 5.56 Å². The Morgan fingerprint density at radius 3 is 2.71 bits per heavy atom. The van der Waals surface area contributed by atoms with Gasteiger partial charge < -0.3 is 5.11 Å². The molecule has 0 aliphatic carbocycles. The molecule has 0 bridgehead atoms. The second-order valence-electron chi connectivity index (χ2n) is 5.35. The van der Waals surface area contributed by atoms with Crippen LogP contribution in [0.3, 0.4) is 0 Å². The molecule has 0 atom stereocenters. The van der Waals surface area contributed by atoms with Gasteiger partial charge in [0.2, 0.25) is 0 Å². The van der Waals surface area contributed by atoms with Gasteiger partial charge in [0.1, 0.15) is 0 Å². The zero-order valence-electron chi connectivity index (χ0n) is 10.3. The van der Waals surface area contributed by atoms with Crippen LogP contribution >= 0.6 is 11.8 Å². The molecule has 0 spiro atoms. The molecule has 17 heavy (non-hydrogen) atoms. The van der Waals surface area contributed by atoms with Crippen molar-refractivity contribution in [2.75, 3.05) is 11.5 Å². The molecule has 1 aliphatic heterocycles. The van der Waals surface area contributed by atoms with Gasteiger partial charge in [-0.15, -0.1) is 0 Å². The first-order valence-corrected chi connectivity index (χ1v) is 7.04. The van der Waals surface area contributed by atoms with E-state index in [4.69, 9.17) is 5.11 Å². The van der Waals surface area contributed by atoms with Gasteiger partial charge in [-0.25, -0.2) is 0 Å². The molecule has 2 nitrogen and oxygen atoms in total. The van der Waals surface area contributed by atoms with E-state index < -0.39 is 11.4 Å². The Bertz CT molecular complexity index is 422. The second-order valence-corrected chi connectivity index (χ2v) is 6.42. The first-order valence-electron chi connectivity index (χ1n) is 5.89. The third-order valence-corrected chi connectivity index (χ3v) is 4.56. The summed E-state index contributed by atoms with van der Waals surface area (Å²) < 4.78 is 0. The topological polar surface area (TPSA) is 37.3 Å². The molecule has 0 radical (unpaired) electrons. The van der Waals surface area contributed by atoms with Crippen molar-refractivity contribution < 1.29 is 9.90 Å². The Morgan fingerprint density at radius 1 is 1.47 bits per heavy atom. The lowest BCUT2D eigenvalue weighted by molar-refractivity contribution is -0.146. The summed E-state index contributed by atoms with van der Waals surface area (Å²) in [6, 6.07) is 8.41. The van der Waals surface area contributed by atoms with Gasteiger partial charge in [-0.3, -0.25) is 4.79 Å². The van der Waals surface area contributed by atoms with Crippen LogP contribution in [0.15, 0.2) is 24.3 Å². The zero-order valence-corrected chi connectivity index (χ0v) is 11.1. The molecule has 0 aromatic heterocycles. The third kappa shape index (κ3) is 2.83. The highest BCUT2D eigenvalue weighted by Crippen LogP contribution is 2.34. The van der Waals surface area contributed by atoms with Crippen LogP contribution in [-0.2, 0) is 11.2 Å². The van der Waals surface area contributed by atoms with Crippen LogP contribution in [0, 0.1) is 5.41 Å². The van der Waals surface area contributed by atoms with E-state index in [1.807, 2.05) is 23.9 Å². The van der Waals surface area contributed by atoms with E-state index >= 15 is 0 Å². The van der Waals surface area contributed by atoms with E-state index in [2.05, 4.69) is 12.1 Å². The van der Waals surface area contributed by atoms with Gasteiger partial charge in [-0.05, 0) is 31.4 Å². The van der Waals surface area contributed by atoms with Gasteiger partial charge in [0, 0.05) is 17.4 Å². The van der Waals surface area contributed by atoms with Crippen LogP contribution in [0.1, 0.15) is 30.9 Å². The van der Waals surface area contributed by atoms with Gasteiger partial charge >= 0.3 is 5.97 Å². The maximum Gasteiger partial charge on any atom is 0.309 e. The quantitative estimate of drug-likeness (QED) is 0.892. The molecule has 1 aliphatic rings. The second kappa shape index (κ2) is 4.73. The fraction of sp³-hybridized carbons (Fsp3) is 0.500. The largest absolute Gasteiger partial charge is 0.481 e. The number of hydrogen-bond acceptors (Lipinski definition) is 2. The number of thioether (sulfide) groups is 1. The van der Waals surface area contributed by atoms with Crippen molar-refractivity contribution in [1.82, 2.24) is 0 Å². The monoisotopic (exact) mass is 250 g/mol. The van der Waals surface area contributed by atoms with Crippen LogP contribution in [-0.4, -0.2) is 22.6 Å². The van der Waals surface area contributed by atoms with Crippen molar-refractivity contribution in [2.45, 2.75) is 26.2 Å². The van der Waals surface area contributed by atoms with Crippen LogP contribution in [0.2, 0.25) is 0 Å². The van der Waals surface area contributed by atoms with Gasteiger partial charge in [0.15, 0.2) is 0 Å². The number of benzene rings is 1. The highest BCUT2D eigenvalue weighted by Gasteiger charge is 2.28. The smallest absolute Gasteiger partial charge is 0.309 e. The van der Waals surface area contributed by atoms with Crippen LogP contribution in [0.5, 0.6) is 0 Å². The highest BCUT2D eigenvalue weighted by molar-refractivity contribution is 8.00. The predicted molar refractivity (Wildman–Crippen MR) is 71.6 cm³/mol. The first kappa shape index (κ1) is 12.5. The van der Waals surface area contributed by atoms with Crippen LogP contribution in [0.25, 0.3) is 0 Å². The number of carbonyl (C=O) groups is 1. The fourth-order valence-electron chi connectivity index (χ4n) is 1.97. The van der Waals surface area contributed by atoms with Crippen molar-refractivity contribution in [2.24, 2.45) is 5.41 Å². The minimum Gasteiger partial charge on any atom is -0.481 e. The van der Waals surface area contributed by atoms with Gasteiger partial charge in [-0.1, -0.05) is 24.3 Å². The Balaban J connectivity index is 2.13. The zero-order chi connectivity index (χ0) is 12.5. The average Bonchev–Trinajstić information content (AvgIpc) is 2.14. The SMILES string of the molecule is CC(C)(Cc1cccc(C2CSC2)c1)C(=O)O. The number of rotatable bonds is 4. The Kier molecular flexibility index (Phi) is 3.48. The Hall–Kier alpha value is -0.960. The highest BCUT2D eigenvalue weighted by atomic mass is 32.2. The molecule has 0 saturated carbocycles. The molecule has 1 saturated heterocycles. The molecule has 1 N–H and O–H groups in total. The predicted octanol–water partition coefficient (Wildman–Crippen LogP) is 3.17. The Labute approximate surface area is 106 Å². The van der Waals surface area contributed by atoms with Gasteiger partial charge in [0.05, 0.1) is 5.41 Å². The number of carboxylic acids is 1. The molecule has 1 heterocycles. The minimum absolute atomic E-state index is 0.593. The summed E-state index contributed by atoms with van der Waals surface area (Å²) in [7, 11) is 0. The van der Waals surface area contributed by atoms with E-state index in [9.17, 15) is 4.79 Å². The van der Waals surface area contributed by atoms with Crippen molar-refractivity contribution >= 4 is 17.7 Å². The standard InChI is InChI=1S/C14H18O2S/c1-14(2,13(15)16)7-10-4-3-5-11(6-10)12-8-17-9-12/h3-6,12H,7-9H2,1-2H3,(H,15,16). The lowest BCUT2D eigenvalue weighted by atomic mass is 9.85. The summed E-state index contributed by atoms with van der Waals surface area (Å²) >= 11 is 1.97. The van der Waals surface area contributed by atoms with Crippen molar-refractivity contribution in [3.8, 4) is 0 Å². The number of aliphatic carboxylic acids is 1. The van der Waals surface area contributed by atoms with E-state index in [1.54, 1.807) is 13.8 Å². The minimum atomic E-state index is -0.734. The van der Waals surface area contributed by atoms with Crippen molar-refractivity contribution in [3.63, 3.8) is 0 Å². The Morgan fingerprint density at radius 2 is 2.18 bits per heavy atom. The maximum absolute atomic E-state index is 11.1. The molecular weight excluding hydrogens is 232 g/mol. The van der Waals surface area contributed by atoms with E-state index in [-0.39, 0.29) is 0 Å². The average molecular weight is 250 g/mol. The van der Waals surface area contributed by atoms with Crippen LogP contribution in [0.4, 0.5) is 0 Å². The molecule has 0 unspecified atom stereocenters. The summed E-state index contributed by atoms with van der Waals surface area (Å²) in [5, 5.41) is 9.14. The third-order valence-electron chi connectivity index (χ3n) is 3.29. The van der Waals surface area contributed by atoms with Gasteiger partial charge in [-0.2, -0.15) is 11.8 Å². The first-order chi connectivity index (χ1) is 7.99. The normalized spacial score (nSPS) is 16.6. The summed E-state index contributed by atoms with van der Waals surface area (Å²) in [5.74, 6) is 2.34. The summed E-state index contributed by atoms with van der Waals surface area (Å²) in [6.45, 7) is 3.56. The molecule has 92 valence electrons. The van der Waals surface area contributed by atoms with E-state index in [0.29, 0.717) is 12.3 Å². The number of carboxylic acid groups (broad SMARTS) is 1. The summed E-state index contributed by atoms with van der Waals surface area (Å²) in [6.07, 6.45) is 0.593. The maximum atomic E-state index is 11.1. The molecule has 3 heteroatoms. The molecule has 1 fully saturated rings. The lowest BCUT2D eigenvalue weighted by Crippen LogP contribution is -2.26. The molecule has 0 amide bonds. The summed E-state index contributed by atoms with van der Waals surface area (Å²) in [4.78, 5) is 11.1. The molecule has 1 aromatic carbocycles. The molecule has 1 aromatic rings. The van der Waals surface area contributed by atoms with Crippen molar-refractivity contribution in [3.05, 3.63) is 35.4 Å². The summed E-state index contributed by atoms with van der Waals surface area (Å²) in [5.41, 5.74) is 1.81. The van der Waals surface area contributed by atoms with Crippen molar-refractivity contribution in [1.29, 1.82) is 0 Å². The number of hydrogen-bond donors (Lipinski definition) is 1. The van der Waals surface area contributed by atoms with Crippen LogP contribution < -0.4 is 0 Å². The fourth-order valence-corrected chi connectivity index (χ4v) is 2.83. The van der Waals surface area contributed by atoms with E-state index in [1.165, 1.54) is 17.1 Å². The van der Waals surface area contributed by atoms with Gasteiger partial charge in [0.25, 0.3) is 0 Å². The molecule has 2 rings (SSSR count). The molecular formula is C14H18O2S. The lowest BCUT2D eigenvalue weighted by Gasteiger charge is -2.26.